The molecule has 1 saturated heterocycles. The van der Waals surface area contributed by atoms with Crippen molar-refractivity contribution in [3.05, 3.63) is 35.1 Å². The molecule has 1 fully saturated rings. The van der Waals surface area contributed by atoms with Gasteiger partial charge in [-0.15, -0.1) is 0 Å². The smallest absolute Gasteiger partial charge is 0.411 e. The van der Waals surface area contributed by atoms with Crippen molar-refractivity contribution < 1.29 is 29.2 Å². The van der Waals surface area contributed by atoms with Crippen molar-refractivity contribution >= 4 is 6.09 Å². The molecule has 0 radical (unpaired) electrons. The number of carbonyl (C=O) groups is 1. The van der Waals surface area contributed by atoms with Gasteiger partial charge < -0.3 is 24.4 Å². The van der Waals surface area contributed by atoms with Gasteiger partial charge in [-0.2, -0.15) is 0 Å². The molecule has 2 bridgehead atoms. The number of allylic oxidation sites excluding steroid dienone is 2. The van der Waals surface area contributed by atoms with Gasteiger partial charge in [0.25, 0.3) is 0 Å². The van der Waals surface area contributed by atoms with E-state index >= 15 is 0 Å². The van der Waals surface area contributed by atoms with Crippen molar-refractivity contribution in [1.82, 2.24) is 5.32 Å². The fourth-order valence-corrected chi connectivity index (χ4v) is 3.61. The van der Waals surface area contributed by atoms with E-state index in [2.05, 4.69) is 29.0 Å². The molecule has 27 heavy (non-hydrogen) atoms. The summed E-state index contributed by atoms with van der Waals surface area (Å²) >= 11 is 0. The van der Waals surface area contributed by atoms with Crippen molar-refractivity contribution in [2.75, 3.05) is 26.9 Å². The second-order valence-corrected chi connectivity index (χ2v) is 6.46. The number of aliphatic hydroxyl groups is 2. The number of fused-ring (bicyclic) bond motifs is 2. The summed E-state index contributed by atoms with van der Waals surface area (Å²) in [7, 11) is 1.24. The Morgan fingerprint density at radius 2 is 2.11 bits per heavy atom. The van der Waals surface area contributed by atoms with E-state index in [9.17, 15) is 15.0 Å². The molecule has 1 amide bonds. The Morgan fingerprint density at radius 3 is 2.78 bits per heavy atom. The third-order valence-corrected chi connectivity index (χ3v) is 4.67. The van der Waals surface area contributed by atoms with Crippen molar-refractivity contribution in [3.8, 4) is 23.7 Å². The van der Waals surface area contributed by atoms with Gasteiger partial charge >= 0.3 is 6.09 Å². The van der Waals surface area contributed by atoms with E-state index in [0.717, 1.165) is 0 Å². The van der Waals surface area contributed by atoms with E-state index in [-0.39, 0.29) is 18.7 Å². The molecule has 0 aromatic heterocycles. The Morgan fingerprint density at radius 1 is 1.41 bits per heavy atom. The van der Waals surface area contributed by atoms with E-state index in [4.69, 9.17) is 14.2 Å². The first-order valence-electron chi connectivity index (χ1n) is 8.52. The molecule has 3 N–H and O–H groups in total. The van der Waals surface area contributed by atoms with Gasteiger partial charge in [-0.1, -0.05) is 29.8 Å². The molecule has 3 rings (SSSR count). The minimum absolute atomic E-state index is 0.220. The van der Waals surface area contributed by atoms with Crippen LogP contribution in [0.1, 0.15) is 13.3 Å². The highest BCUT2D eigenvalue weighted by Crippen LogP contribution is 2.51. The molecule has 0 aromatic rings. The molecule has 2 atom stereocenters. The van der Waals surface area contributed by atoms with Gasteiger partial charge in [0.05, 0.1) is 38.0 Å². The van der Waals surface area contributed by atoms with Gasteiger partial charge in [0.15, 0.2) is 0 Å². The highest BCUT2D eigenvalue weighted by atomic mass is 16.7. The molecule has 1 heterocycles. The number of amides is 1. The number of alkyl carbamates (subject to hydrolysis) is 1. The van der Waals surface area contributed by atoms with E-state index in [0.29, 0.717) is 24.4 Å². The SMILES string of the molecule is COC(=O)NC1=C2/C(=C\CO)[C@](C)(C#C/C=C\C#C[C@@H]2O)CC12OCCO2. The second-order valence-electron chi connectivity index (χ2n) is 6.46. The highest BCUT2D eigenvalue weighted by molar-refractivity contribution is 5.72. The van der Waals surface area contributed by atoms with Crippen LogP contribution in [0.2, 0.25) is 0 Å². The number of methoxy groups -OCH3 is 1. The van der Waals surface area contributed by atoms with E-state index in [1.165, 1.54) is 7.11 Å². The maximum absolute atomic E-state index is 12.0. The summed E-state index contributed by atoms with van der Waals surface area (Å²) in [6.07, 6.45) is 2.97. The van der Waals surface area contributed by atoms with Crippen molar-refractivity contribution in [1.29, 1.82) is 0 Å². The third kappa shape index (κ3) is 3.51. The summed E-state index contributed by atoms with van der Waals surface area (Å²) in [6.45, 7) is 2.25. The third-order valence-electron chi connectivity index (χ3n) is 4.67. The minimum atomic E-state index is -1.30. The molecule has 3 aliphatic rings. The Balaban J connectivity index is 2.32. The van der Waals surface area contributed by atoms with Crippen LogP contribution >= 0.6 is 0 Å². The molecule has 1 aliphatic heterocycles. The molecule has 142 valence electrons. The largest absolute Gasteiger partial charge is 0.453 e. The lowest BCUT2D eigenvalue weighted by Gasteiger charge is -2.45. The summed E-state index contributed by atoms with van der Waals surface area (Å²) < 4.78 is 16.5. The topological polar surface area (TPSA) is 97.3 Å². The second kappa shape index (κ2) is 7.59. The predicted octanol–water partition coefficient (Wildman–Crippen LogP) is 0.606. The predicted molar refractivity (Wildman–Crippen MR) is 95.8 cm³/mol. The van der Waals surface area contributed by atoms with Gasteiger partial charge in [-0.05, 0) is 24.6 Å². The van der Waals surface area contributed by atoms with Crippen LogP contribution in [0, 0.1) is 29.1 Å². The number of hydrogen-bond donors (Lipinski definition) is 3. The van der Waals surface area contributed by atoms with Crippen LogP contribution in [0.3, 0.4) is 0 Å². The number of aliphatic hydroxyl groups excluding tert-OH is 2. The average Bonchev–Trinajstić information content (AvgIpc) is 3.10. The number of hydrogen-bond acceptors (Lipinski definition) is 6. The first-order valence-corrected chi connectivity index (χ1v) is 8.52. The molecule has 7 nitrogen and oxygen atoms in total. The normalized spacial score (nSPS) is 30.8. The summed E-state index contributed by atoms with van der Waals surface area (Å²) in [5, 5.41) is 23.0. The summed E-state index contributed by atoms with van der Waals surface area (Å²) in [5.41, 5.74) is 0.263. The van der Waals surface area contributed by atoms with E-state index in [1.54, 1.807) is 18.2 Å². The molecule has 7 heteroatoms. The van der Waals surface area contributed by atoms with Crippen LogP contribution in [-0.4, -0.2) is 55.1 Å². The lowest BCUT2D eigenvalue weighted by molar-refractivity contribution is -0.149. The quantitative estimate of drug-likeness (QED) is 0.616. The summed E-state index contributed by atoms with van der Waals surface area (Å²) in [4.78, 5) is 12.0. The van der Waals surface area contributed by atoms with Crippen LogP contribution in [0.5, 0.6) is 0 Å². The molecule has 0 aromatic carbocycles. The first kappa shape index (κ1) is 19.2. The van der Waals surface area contributed by atoms with Crippen molar-refractivity contribution in [3.63, 3.8) is 0 Å². The molecule has 0 saturated carbocycles. The first-order chi connectivity index (χ1) is 13.0. The minimum Gasteiger partial charge on any atom is -0.453 e. The van der Waals surface area contributed by atoms with Crippen molar-refractivity contribution in [2.45, 2.75) is 25.2 Å². The number of carbonyl (C=O) groups excluding carboxylic acids is 1. The maximum atomic E-state index is 12.0. The van der Waals surface area contributed by atoms with Crippen LogP contribution < -0.4 is 5.32 Å². The highest BCUT2D eigenvalue weighted by Gasteiger charge is 2.54. The Hall–Kier alpha value is -2.55. The molecular formula is C20H21NO6. The average molecular weight is 371 g/mol. The van der Waals surface area contributed by atoms with Gasteiger partial charge in [-0.3, -0.25) is 5.32 Å². The Bertz CT molecular complexity index is 841. The van der Waals surface area contributed by atoms with Gasteiger partial charge in [0.2, 0.25) is 5.79 Å². The Kier molecular flexibility index (Phi) is 5.41. The standard InChI is InChI=1S/C20H21NO6/c1-19-9-6-4-3-5-7-15(23)16(14(19)8-10-22)17(21-18(24)25-2)20(13-19)26-11-12-27-20/h3-4,8,15,22-23H,10-13H2,1-2H3,(H,21,24)/b4-3-,14-8+/t15-,19+/m0/s1. The summed E-state index contributed by atoms with van der Waals surface area (Å²) in [6, 6.07) is 0. The lowest BCUT2D eigenvalue weighted by atomic mass is 9.66. The zero-order chi connectivity index (χ0) is 19.5. The van der Waals surface area contributed by atoms with Crippen LogP contribution in [0.25, 0.3) is 0 Å². The zero-order valence-corrected chi connectivity index (χ0v) is 15.2. The zero-order valence-electron chi connectivity index (χ0n) is 15.2. The maximum Gasteiger partial charge on any atom is 0.411 e. The molecular weight excluding hydrogens is 350 g/mol. The van der Waals surface area contributed by atoms with E-state index in [1.807, 2.05) is 6.92 Å². The molecule has 1 spiro atoms. The molecule has 0 unspecified atom stereocenters. The monoisotopic (exact) mass is 371 g/mol. The van der Waals surface area contributed by atoms with Crippen LogP contribution in [-0.2, 0) is 14.2 Å². The fraction of sp³-hybridized carbons (Fsp3) is 0.450. The van der Waals surface area contributed by atoms with Gasteiger partial charge in [0.1, 0.15) is 6.10 Å². The Labute approximate surface area is 157 Å². The van der Waals surface area contributed by atoms with E-state index < -0.39 is 23.4 Å². The lowest BCUT2D eigenvalue weighted by Crippen LogP contribution is -2.51. The van der Waals surface area contributed by atoms with Crippen LogP contribution in [0.15, 0.2) is 35.1 Å². The summed E-state index contributed by atoms with van der Waals surface area (Å²) in [5.74, 6) is 10.2. The van der Waals surface area contributed by atoms with Gasteiger partial charge in [0, 0.05) is 12.0 Å². The van der Waals surface area contributed by atoms with Gasteiger partial charge in [-0.25, -0.2) is 4.79 Å². The van der Waals surface area contributed by atoms with Crippen molar-refractivity contribution in [2.24, 2.45) is 5.41 Å². The molecule has 2 aliphatic carbocycles. The number of nitrogens with one attached hydrogen (secondary N) is 1. The van der Waals surface area contributed by atoms with Crippen LogP contribution in [0.4, 0.5) is 4.79 Å². The number of rotatable bonds is 2. The fourth-order valence-electron chi connectivity index (χ4n) is 3.61. The number of ether oxygens (including phenoxy) is 3.